The van der Waals surface area contributed by atoms with Gasteiger partial charge in [-0.3, -0.25) is 28.8 Å². The van der Waals surface area contributed by atoms with Crippen molar-refractivity contribution in [3.63, 3.8) is 0 Å². The predicted molar refractivity (Wildman–Crippen MR) is 181 cm³/mol. The highest BCUT2D eigenvalue weighted by atomic mass is 35.5. The third-order valence-corrected chi connectivity index (χ3v) is 8.54. The van der Waals surface area contributed by atoms with Crippen molar-refractivity contribution >= 4 is 46.1 Å². The Balaban J connectivity index is 0.000000710. The maximum absolute atomic E-state index is 12.3. The molecule has 0 radical (unpaired) electrons. The quantitative estimate of drug-likeness (QED) is 0.0755. The number of rotatable bonds is 22. The normalized spacial score (nSPS) is 15.6. The number of Topliss-reactive ketones (excluding diaryl/α,β-unsaturated/α-hetero) is 2. The minimum atomic E-state index is -0.396. The van der Waals surface area contributed by atoms with E-state index in [4.69, 9.17) is 17.3 Å². The van der Waals surface area contributed by atoms with Crippen LogP contribution in [0.15, 0.2) is 0 Å². The summed E-state index contributed by atoms with van der Waals surface area (Å²) in [6.07, 6.45) is 19.1. The Morgan fingerprint density at radius 2 is 1.09 bits per heavy atom. The van der Waals surface area contributed by atoms with Gasteiger partial charge < -0.3 is 15.5 Å². The van der Waals surface area contributed by atoms with E-state index in [0.29, 0.717) is 51.6 Å². The second kappa shape index (κ2) is 26.9. The zero-order valence-corrected chi connectivity index (χ0v) is 29.5. The number of hydrogen-bond donors (Lipinski definition) is 1. The Bertz CT molecular complexity index is 897. The minimum absolute atomic E-state index is 0.00273. The van der Waals surface area contributed by atoms with E-state index < -0.39 is 5.91 Å². The molecule has 0 aromatic rings. The third-order valence-electron chi connectivity index (χ3n) is 8.35. The lowest BCUT2D eigenvalue weighted by molar-refractivity contribution is -0.138. The highest BCUT2D eigenvalue weighted by molar-refractivity contribution is 6.63. The topological polar surface area (TPSA) is 135 Å². The number of carbonyl (C=O) groups excluding carboxylic acids is 6. The van der Waals surface area contributed by atoms with Gasteiger partial charge >= 0.3 is 0 Å². The monoisotopic (exact) mass is 655 g/mol. The highest BCUT2D eigenvalue weighted by Gasteiger charge is 2.32. The summed E-state index contributed by atoms with van der Waals surface area (Å²) in [5.74, 6) is -0.323. The number of halogens is 1. The average Bonchev–Trinajstić information content (AvgIpc) is 3.61. The van der Waals surface area contributed by atoms with E-state index in [1.54, 1.807) is 9.80 Å². The van der Waals surface area contributed by atoms with Crippen molar-refractivity contribution in [1.82, 2.24) is 9.80 Å². The molecule has 2 N–H and O–H groups in total. The molecule has 0 unspecified atom stereocenters. The zero-order chi connectivity index (χ0) is 34.0. The van der Waals surface area contributed by atoms with Crippen LogP contribution in [-0.4, -0.2) is 69.5 Å². The molecule has 0 spiro atoms. The molecule has 260 valence electrons. The molecule has 0 aromatic carbocycles. The number of unbranched alkanes of at least 4 members (excludes halogenated alkanes) is 10. The Morgan fingerprint density at radius 1 is 0.667 bits per heavy atom. The molecule has 0 bridgehead atoms. The third kappa shape index (κ3) is 19.7. The maximum atomic E-state index is 12.3. The molecule has 0 aliphatic carbocycles. The Morgan fingerprint density at radius 3 is 1.47 bits per heavy atom. The van der Waals surface area contributed by atoms with Crippen LogP contribution in [0, 0.1) is 0 Å². The van der Waals surface area contributed by atoms with Crippen LogP contribution in [0.3, 0.4) is 0 Å². The molecular weight excluding hydrogens is 594 g/mol. The lowest BCUT2D eigenvalue weighted by Gasteiger charge is -2.25. The van der Waals surface area contributed by atoms with Crippen LogP contribution in [0.1, 0.15) is 163 Å². The summed E-state index contributed by atoms with van der Waals surface area (Å²) in [5, 5.41) is -0.194. The molecule has 2 rings (SSSR count). The largest absolute Gasteiger partial charge is 0.368 e. The van der Waals surface area contributed by atoms with E-state index in [0.717, 1.165) is 38.5 Å². The van der Waals surface area contributed by atoms with Gasteiger partial charge in [-0.2, -0.15) is 0 Å². The molecule has 0 aromatic heterocycles. The fourth-order valence-corrected chi connectivity index (χ4v) is 5.88. The van der Waals surface area contributed by atoms with Crippen molar-refractivity contribution < 1.29 is 28.8 Å². The van der Waals surface area contributed by atoms with Crippen molar-refractivity contribution in [3.8, 4) is 0 Å². The first-order valence-corrected chi connectivity index (χ1v) is 18.0. The van der Waals surface area contributed by atoms with Gasteiger partial charge in [-0.25, -0.2) is 0 Å². The summed E-state index contributed by atoms with van der Waals surface area (Å²) >= 11 is 5.18. The molecule has 2 heterocycles. The first-order valence-electron chi connectivity index (χ1n) is 17.6. The summed E-state index contributed by atoms with van der Waals surface area (Å²) in [6.45, 7) is 9.50. The number of ketones is 2. The molecule has 2 aliphatic rings. The number of primary amides is 1. The van der Waals surface area contributed by atoms with Gasteiger partial charge in [-0.05, 0) is 50.1 Å². The van der Waals surface area contributed by atoms with Crippen LogP contribution in [0.2, 0.25) is 0 Å². The number of hydrogen-bond acceptors (Lipinski definition) is 6. The SMILES string of the molecule is CCCCCCCCC(=O)CC(=O)[C@H](CC)N1CCCC1=O.CCCCCCCCC(=O)Cl.CC[C@@H](C(N)=O)N1CCCC1=O. The summed E-state index contributed by atoms with van der Waals surface area (Å²) in [4.78, 5) is 71.6. The zero-order valence-electron chi connectivity index (χ0n) is 28.7. The second-order valence-corrected chi connectivity index (χ2v) is 12.6. The van der Waals surface area contributed by atoms with E-state index >= 15 is 0 Å². The lowest BCUT2D eigenvalue weighted by Crippen LogP contribution is -2.44. The van der Waals surface area contributed by atoms with Crippen LogP contribution in [-0.2, 0) is 28.8 Å². The Kier molecular flexibility index (Phi) is 25.5. The maximum Gasteiger partial charge on any atom is 0.240 e. The van der Waals surface area contributed by atoms with Gasteiger partial charge in [-0.15, -0.1) is 0 Å². The van der Waals surface area contributed by atoms with Crippen molar-refractivity contribution in [2.75, 3.05) is 13.1 Å². The van der Waals surface area contributed by atoms with Crippen molar-refractivity contribution in [2.45, 2.75) is 175 Å². The summed E-state index contributed by atoms with van der Waals surface area (Å²) in [7, 11) is 0. The molecule has 2 atom stereocenters. The fourth-order valence-electron chi connectivity index (χ4n) is 5.74. The van der Waals surface area contributed by atoms with E-state index in [1.807, 2.05) is 13.8 Å². The summed E-state index contributed by atoms with van der Waals surface area (Å²) in [5.41, 5.74) is 5.16. The number of amides is 3. The molecule has 45 heavy (non-hydrogen) atoms. The van der Waals surface area contributed by atoms with Gasteiger partial charge in [0, 0.05) is 38.8 Å². The number of nitrogens with zero attached hydrogens (tertiary/aromatic N) is 2. The van der Waals surface area contributed by atoms with Crippen LogP contribution in [0.4, 0.5) is 0 Å². The molecule has 3 amide bonds. The molecule has 10 heteroatoms. The fraction of sp³-hybridized carbons (Fsp3) is 0.829. The number of likely N-dealkylation sites (tertiary alicyclic amines) is 2. The average molecular weight is 656 g/mol. The Labute approximate surface area is 277 Å². The van der Waals surface area contributed by atoms with Crippen molar-refractivity contribution in [3.05, 3.63) is 0 Å². The van der Waals surface area contributed by atoms with Crippen LogP contribution >= 0.6 is 11.6 Å². The van der Waals surface area contributed by atoms with Gasteiger partial charge in [0.1, 0.15) is 11.8 Å². The standard InChI is InChI=1S/C18H31NO3.C9H17ClO.C8H14N2O2/c1-3-5-6-7-8-9-11-15(20)14-17(21)16(4-2)19-13-10-12-18(19)22;1-2-3-4-5-6-7-8-9(10)11;1-2-6(8(9)12)10-5-3-4-7(10)11/h16H,3-14H2,1-2H3;2-8H2,1H3;6H,2-5H2,1H3,(H2,9,12)/t16-;;6-/m0.0/s1. The van der Waals surface area contributed by atoms with Crippen LogP contribution < -0.4 is 5.73 Å². The first-order chi connectivity index (χ1) is 21.5. The minimum Gasteiger partial charge on any atom is -0.368 e. The van der Waals surface area contributed by atoms with Gasteiger partial charge in [0.25, 0.3) is 0 Å². The number of nitrogens with two attached hydrogens (primary N) is 1. The van der Waals surface area contributed by atoms with Gasteiger partial charge in [0.05, 0.1) is 12.5 Å². The van der Waals surface area contributed by atoms with Gasteiger partial charge in [0.2, 0.25) is 23.0 Å². The highest BCUT2D eigenvalue weighted by Crippen LogP contribution is 2.18. The van der Waals surface area contributed by atoms with Crippen molar-refractivity contribution in [2.24, 2.45) is 5.73 Å². The lowest BCUT2D eigenvalue weighted by atomic mass is 10.00. The van der Waals surface area contributed by atoms with Crippen LogP contribution in [0.25, 0.3) is 0 Å². The number of carbonyl (C=O) groups is 6. The molecule has 9 nitrogen and oxygen atoms in total. The van der Waals surface area contributed by atoms with E-state index in [1.165, 1.54) is 51.4 Å². The van der Waals surface area contributed by atoms with Crippen LogP contribution in [0.5, 0.6) is 0 Å². The molecule has 2 fully saturated rings. The predicted octanol–water partition coefficient (Wildman–Crippen LogP) is 7.04. The molecule has 0 saturated carbocycles. The molecule has 2 aliphatic heterocycles. The van der Waals surface area contributed by atoms with E-state index in [-0.39, 0.29) is 47.1 Å². The van der Waals surface area contributed by atoms with Gasteiger partial charge in [0.15, 0.2) is 5.78 Å². The first kappa shape index (κ1) is 42.7. The van der Waals surface area contributed by atoms with E-state index in [9.17, 15) is 28.8 Å². The summed E-state index contributed by atoms with van der Waals surface area (Å²) in [6, 6.07) is -0.775. The van der Waals surface area contributed by atoms with Crippen molar-refractivity contribution in [1.29, 1.82) is 0 Å². The second-order valence-electron chi connectivity index (χ2n) is 12.2. The van der Waals surface area contributed by atoms with Gasteiger partial charge in [-0.1, -0.05) is 91.9 Å². The van der Waals surface area contributed by atoms with E-state index in [2.05, 4.69) is 13.8 Å². The summed E-state index contributed by atoms with van der Waals surface area (Å²) < 4.78 is 0. The smallest absolute Gasteiger partial charge is 0.240 e. The molecular formula is C35H62ClN3O6. The Hall–Kier alpha value is -2.29. The molecule has 2 saturated heterocycles.